The minimum absolute atomic E-state index is 0. The standard InChI is InChI=1S/C15H23N3O3S.HI/c1-3-16-15(18-13-8-9-22(19,20)11-13)17-10-12-4-6-14(21-2)7-5-12;/h4-7,13H,3,8-11H2,1-2H3,(H2,16,17,18);1H. The number of nitrogens with zero attached hydrogens (tertiary/aromatic N) is 1. The molecule has 0 radical (unpaired) electrons. The third kappa shape index (κ3) is 6.54. The second kappa shape index (κ2) is 9.31. The van der Waals surface area contributed by atoms with Crippen molar-refractivity contribution in [3.8, 4) is 5.75 Å². The van der Waals surface area contributed by atoms with Crippen molar-refractivity contribution >= 4 is 39.8 Å². The molecule has 1 unspecified atom stereocenters. The van der Waals surface area contributed by atoms with E-state index in [1.807, 2.05) is 31.2 Å². The Kier molecular flexibility index (Phi) is 8.10. The summed E-state index contributed by atoms with van der Waals surface area (Å²) in [7, 11) is -1.26. The molecule has 1 aromatic rings. The first-order valence-corrected chi connectivity index (χ1v) is 9.23. The lowest BCUT2D eigenvalue weighted by atomic mass is 10.2. The van der Waals surface area contributed by atoms with E-state index in [9.17, 15) is 8.42 Å². The number of hydrogen-bond donors (Lipinski definition) is 2. The summed E-state index contributed by atoms with van der Waals surface area (Å²) in [4.78, 5) is 4.51. The van der Waals surface area contributed by atoms with E-state index in [4.69, 9.17) is 4.74 Å². The van der Waals surface area contributed by atoms with Crippen LogP contribution in [0.5, 0.6) is 5.75 Å². The van der Waals surface area contributed by atoms with Gasteiger partial charge in [0, 0.05) is 12.6 Å². The van der Waals surface area contributed by atoms with Crippen molar-refractivity contribution in [3.63, 3.8) is 0 Å². The topological polar surface area (TPSA) is 79.8 Å². The molecule has 2 rings (SSSR count). The summed E-state index contributed by atoms with van der Waals surface area (Å²) < 4.78 is 28.1. The molecule has 23 heavy (non-hydrogen) atoms. The molecular formula is C15H24IN3O3S. The lowest BCUT2D eigenvalue weighted by molar-refractivity contribution is 0.414. The first-order valence-electron chi connectivity index (χ1n) is 7.40. The second-order valence-corrected chi connectivity index (χ2v) is 7.52. The first kappa shape index (κ1) is 20.0. The van der Waals surface area contributed by atoms with E-state index in [0.717, 1.165) is 17.9 Å². The maximum Gasteiger partial charge on any atom is 0.191 e. The lowest BCUT2D eigenvalue weighted by Gasteiger charge is -2.15. The van der Waals surface area contributed by atoms with Crippen LogP contribution in [-0.4, -0.2) is 45.6 Å². The fraction of sp³-hybridized carbons (Fsp3) is 0.533. The van der Waals surface area contributed by atoms with Crippen LogP contribution in [-0.2, 0) is 16.4 Å². The van der Waals surface area contributed by atoms with Gasteiger partial charge in [-0.2, -0.15) is 0 Å². The van der Waals surface area contributed by atoms with Gasteiger partial charge in [-0.1, -0.05) is 12.1 Å². The van der Waals surface area contributed by atoms with Crippen LogP contribution in [0, 0.1) is 0 Å². The maximum absolute atomic E-state index is 11.5. The van der Waals surface area contributed by atoms with Crippen LogP contribution in [0.1, 0.15) is 18.9 Å². The average molecular weight is 453 g/mol. The highest BCUT2D eigenvalue weighted by Crippen LogP contribution is 2.13. The van der Waals surface area contributed by atoms with E-state index in [-0.39, 0.29) is 41.5 Å². The summed E-state index contributed by atoms with van der Waals surface area (Å²) >= 11 is 0. The number of halogens is 1. The van der Waals surface area contributed by atoms with E-state index >= 15 is 0 Å². The second-order valence-electron chi connectivity index (χ2n) is 5.29. The Morgan fingerprint density at radius 1 is 1.35 bits per heavy atom. The Morgan fingerprint density at radius 3 is 2.57 bits per heavy atom. The quantitative estimate of drug-likeness (QED) is 0.402. The van der Waals surface area contributed by atoms with Crippen molar-refractivity contribution in [2.75, 3.05) is 25.2 Å². The van der Waals surface area contributed by atoms with Crippen LogP contribution >= 0.6 is 24.0 Å². The van der Waals surface area contributed by atoms with Gasteiger partial charge in [0.05, 0.1) is 25.2 Å². The van der Waals surface area contributed by atoms with Crippen LogP contribution in [0.3, 0.4) is 0 Å². The molecule has 1 saturated heterocycles. The summed E-state index contributed by atoms with van der Waals surface area (Å²) in [5.74, 6) is 1.90. The predicted octanol–water partition coefficient (Wildman–Crippen LogP) is 1.56. The molecule has 130 valence electrons. The van der Waals surface area contributed by atoms with Gasteiger partial charge in [0.25, 0.3) is 0 Å². The number of ether oxygens (including phenoxy) is 1. The highest BCUT2D eigenvalue weighted by atomic mass is 127. The Hall–Kier alpha value is -1.03. The molecule has 1 fully saturated rings. The summed E-state index contributed by atoms with van der Waals surface area (Å²) in [6, 6.07) is 7.67. The fourth-order valence-corrected chi connectivity index (χ4v) is 4.00. The minimum atomic E-state index is -2.89. The predicted molar refractivity (Wildman–Crippen MR) is 103 cm³/mol. The number of methoxy groups -OCH3 is 1. The van der Waals surface area contributed by atoms with Crippen LogP contribution < -0.4 is 15.4 Å². The zero-order valence-corrected chi connectivity index (χ0v) is 16.6. The Balaban J connectivity index is 0.00000264. The monoisotopic (exact) mass is 453 g/mol. The molecule has 1 aromatic carbocycles. The van der Waals surface area contributed by atoms with Crippen LogP contribution in [0.25, 0.3) is 0 Å². The van der Waals surface area contributed by atoms with E-state index in [2.05, 4.69) is 15.6 Å². The van der Waals surface area contributed by atoms with E-state index in [0.29, 0.717) is 18.9 Å². The maximum atomic E-state index is 11.5. The van der Waals surface area contributed by atoms with Gasteiger partial charge >= 0.3 is 0 Å². The Morgan fingerprint density at radius 2 is 2.04 bits per heavy atom. The number of nitrogens with one attached hydrogen (secondary N) is 2. The third-order valence-corrected chi connectivity index (χ3v) is 5.26. The number of hydrogen-bond acceptors (Lipinski definition) is 4. The van der Waals surface area contributed by atoms with Crippen molar-refractivity contribution in [2.45, 2.75) is 25.9 Å². The molecule has 1 heterocycles. The SMILES string of the molecule is CCNC(=NCc1ccc(OC)cc1)NC1CCS(=O)(=O)C1.I. The number of guanidine groups is 1. The minimum Gasteiger partial charge on any atom is -0.497 e. The molecule has 0 aliphatic carbocycles. The highest BCUT2D eigenvalue weighted by molar-refractivity contribution is 14.0. The molecule has 1 aliphatic rings. The Bertz CT molecular complexity index is 617. The molecule has 0 amide bonds. The molecule has 0 spiro atoms. The van der Waals surface area contributed by atoms with Crippen LogP contribution in [0.15, 0.2) is 29.3 Å². The number of rotatable bonds is 5. The molecule has 1 atom stereocenters. The number of benzene rings is 1. The molecule has 2 N–H and O–H groups in total. The normalized spacial score (nSPS) is 19.7. The van der Waals surface area contributed by atoms with E-state index in [1.54, 1.807) is 7.11 Å². The molecule has 0 saturated carbocycles. The molecule has 0 aromatic heterocycles. The third-order valence-electron chi connectivity index (χ3n) is 3.50. The van der Waals surface area contributed by atoms with Gasteiger partial charge < -0.3 is 15.4 Å². The van der Waals surface area contributed by atoms with Gasteiger partial charge in [0.15, 0.2) is 15.8 Å². The van der Waals surface area contributed by atoms with Crippen molar-refractivity contribution in [1.82, 2.24) is 10.6 Å². The number of sulfone groups is 1. The van der Waals surface area contributed by atoms with Gasteiger partial charge in [-0.25, -0.2) is 13.4 Å². The van der Waals surface area contributed by atoms with Gasteiger partial charge in [-0.05, 0) is 31.0 Å². The van der Waals surface area contributed by atoms with Crippen molar-refractivity contribution in [3.05, 3.63) is 29.8 Å². The highest BCUT2D eigenvalue weighted by Gasteiger charge is 2.28. The summed E-state index contributed by atoms with van der Waals surface area (Å²) in [5, 5.41) is 6.35. The summed E-state index contributed by atoms with van der Waals surface area (Å²) in [6.45, 7) is 3.24. The zero-order chi connectivity index (χ0) is 16.0. The van der Waals surface area contributed by atoms with E-state index in [1.165, 1.54) is 0 Å². The van der Waals surface area contributed by atoms with Gasteiger partial charge in [0.2, 0.25) is 0 Å². The fourth-order valence-electron chi connectivity index (χ4n) is 2.32. The summed E-state index contributed by atoms with van der Waals surface area (Å²) in [5.41, 5.74) is 1.07. The van der Waals surface area contributed by atoms with Crippen LogP contribution in [0.2, 0.25) is 0 Å². The molecule has 1 aliphatic heterocycles. The van der Waals surface area contributed by atoms with Gasteiger partial charge in [0.1, 0.15) is 5.75 Å². The lowest BCUT2D eigenvalue weighted by Crippen LogP contribution is -2.44. The van der Waals surface area contributed by atoms with Crippen LogP contribution in [0.4, 0.5) is 0 Å². The van der Waals surface area contributed by atoms with Crippen molar-refractivity contribution < 1.29 is 13.2 Å². The first-order chi connectivity index (χ1) is 10.5. The largest absolute Gasteiger partial charge is 0.497 e. The molecule has 8 heteroatoms. The van der Waals surface area contributed by atoms with E-state index < -0.39 is 9.84 Å². The van der Waals surface area contributed by atoms with Crippen molar-refractivity contribution in [2.24, 2.45) is 4.99 Å². The summed E-state index contributed by atoms with van der Waals surface area (Å²) in [6.07, 6.45) is 0.634. The van der Waals surface area contributed by atoms with Crippen molar-refractivity contribution in [1.29, 1.82) is 0 Å². The number of aliphatic imine (C=N–C) groups is 1. The smallest absolute Gasteiger partial charge is 0.191 e. The molecular weight excluding hydrogens is 429 g/mol. The zero-order valence-electron chi connectivity index (χ0n) is 13.4. The molecule has 6 nitrogen and oxygen atoms in total. The average Bonchev–Trinajstić information content (AvgIpc) is 2.84. The van der Waals surface area contributed by atoms with Gasteiger partial charge in [-0.3, -0.25) is 0 Å². The molecule has 0 bridgehead atoms. The van der Waals surface area contributed by atoms with Gasteiger partial charge in [-0.15, -0.1) is 24.0 Å². The Labute approximate surface area is 155 Å².